The van der Waals surface area contributed by atoms with Crippen LogP contribution in [0.15, 0.2) is 24.3 Å². The molecule has 0 aliphatic heterocycles. The zero-order chi connectivity index (χ0) is 18.6. The van der Waals surface area contributed by atoms with Gasteiger partial charge in [0.2, 0.25) is 0 Å². The first-order valence-electron chi connectivity index (χ1n) is 6.73. The highest BCUT2D eigenvalue weighted by Gasteiger charge is 2.61. The quantitative estimate of drug-likeness (QED) is 0.525. The molecule has 3 rings (SSSR count). The highest BCUT2D eigenvalue weighted by atomic mass is 32.1. The summed E-state index contributed by atoms with van der Waals surface area (Å²) in [6.07, 6.45) is -5.86. The number of H-pyrrole nitrogens is 1. The standard InChI is InChI=1S/C14H8F6N4S/c1-6-9-10(24(23-6)8-4-2-3-7(15)5-8)21-12(22-11(9)25)13(16,17)14(18,19)20/h2-5H,1H3,(H,21,22,25). The molecule has 0 saturated heterocycles. The molecule has 2 heterocycles. The van der Waals surface area contributed by atoms with E-state index in [-0.39, 0.29) is 22.4 Å². The minimum Gasteiger partial charge on any atom is -0.322 e. The Balaban J connectivity index is 2.34. The van der Waals surface area contributed by atoms with Crippen LogP contribution in [0, 0.1) is 17.4 Å². The minimum absolute atomic E-state index is 0.0981. The van der Waals surface area contributed by atoms with Gasteiger partial charge >= 0.3 is 12.1 Å². The molecule has 1 N–H and O–H groups in total. The van der Waals surface area contributed by atoms with E-state index in [2.05, 4.69) is 10.1 Å². The first kappa shape index (κ1) is 17.4. The van der Waals surface area contributed by atoms with Crippen LogP contribution in [0.4, 0.5) is 26.3 Å². The fraction of sp³-hybridized carbons (Fsp3) is 0.214. The zero-order valence-electron chi connectivity index (χ0n) is 12.3. The predicted molar refractivity (Wildman–Crippen MR) is 78.7 cm³/mol. The molecule has 0 bridgehead atoms. The van der Waals surface area contributed by atoms with Gasteiger partial charge in [0.15, 0.2) is 5.82 Å². The molecule has 3 aromatic rings. The van der Waals surface area contributed by atoms with Crippen molar-refractivity contribution in [2.45, 2.75) is 19.0 Å². The fourth-order valence-corrected chi connectivity index (χ4v) is 2.61. The number of benzene rings is 1. The number of aryl methyl sites for hydroxylation is 1. The molecule has 0 aliphatic carbocycles. The zero-order valence-corrected chi connectivity index (χ0v) is 13.1. The molecule has 0 radical (unpaired) electrons. The molecular formula is C14H8F6N4S. The van der Waals surface area contributed by atoms with E-state index < -0.39 is 28.4 Å². The Bertz CT molecular complexity index is 1020. The minimum atomic E-state index is -5.86. The Hall–Kier alpha value is -2.43. The molecule has 4 nitrogen and oxygen atoms in total. The van der Waals surface area contributed by atoms with Crippen LogP contribution < -0.4 is 0 Å². The van der Waals surface area contributed by atoms with Gasteiger partial charge in [0.25, 0.3) is 0 Å². The van der Waals surface area contributed by atoms with Crippen LogP contribution in [-0.2, 0) is 5.92 Å². The largest absolute Gasteiger partial charge is 0.461 e. The van der Waals surface area contributed by atoms with E-state index in [0.717, 1.165) is 16.8 Å². The highest BCUT2D eigenvalue weighted by molar-refractivity contribution is 7.71. The molecular weight excluding hydrogens is 370 g/mol. The SMILES string of the molecule is Cc1nn(-c2cccc(F)c2)c2[nH]c(C(F)(F)C(F)(F)F)nc(=S)c12. The number of hydrogen-bond donors (Lipinski definition) is 1. The summed E-state index contributed by atoms with van der Waals surface area (Å²) < 4.78 is 79.0. The van der Waals surface area contributed by atoms with Gasteiger partial charge in [-0.3, -0.25) is 0 Å². The van der Waals surface area contributed by atoms with E-state index >= 15 is 0 Å². The lowest BCUT2D eigenvalue weighted by atomic mass is 10.2. The number of alkyl halides is 5. The number of aromatic amines is 1. The maximum atomic E-state index is 13.6. The number of nitrogens with one attached hydrogen (secondary N) is 1. The Morgan fingerprint density at radius 1 is 1.16 bits per heavy atom. The monoisotopic (exact) mass is 378 g/mol. The van der Waals surface area contributed by atoms with Crippen LogP contribution >= 0.6 is 12.2 Å². The van der Waals surface area contributed by atoms with Crippen molar-refractivity contribution in [3.63, 3.8) is 0 Å². The van der Waals surface area contributed by atoms with Crippen LogP contribution in [-0.4, -0.2) is 25.9 Å². The summed E-state index contributed by atoms with van der Waals surface area (Å²) >= 11 is 4.85. The predicted octanol–water partition coefficient (Wildman–Crippen LogP) is 4.58. The Morgan fingerprint density at radius 3 is 2.44 bits per heavy atom. The van der Waals surface area contributed by atoms with Crippen molar-refractivity contribution in [1.29, 1.82) is 0 Å². The van der Waals surface area contributed by atoms with Crippen molar-refractivity contribution in [2.24, 2.45) is 0 Å². The van der Waals surface area contributed by atoms with Gasteiger partial charge in [0.1, 0.15) is 16.1 Å². The third-order valence-electron chi connectivity index (χ3n) is 3.43. The van der Waals surface area contributed by atoms with Crippen LogP contribution in [0.25, 0.3) is 16.7 Å². The summed E-state index contributed by atoms with van der Waals surface area (Å²) in [5.74, 6) is -7.53. The fourth-order valence-electron chi connectivity index (χ4n) is 2.27. The molecule has 0 fully saturated rings. The summed E-state index contributed by atoms with van der Waals surface area (Å²) in [6, 6.07) is 4.95. The third-order valence-corrected chi connectivity index (χ3v) is 3.73. The van der Waals surface area contributed by atoms with Gasteiger partial charge in [-0.05, 0) is 25.1 Å². The van der Waals surface area contributed by atoms with E-state index in [1.54, 1.807) is 0 Å². The summed E-state index contributed by atoms with van der Waals surface area (Å²) in [7, 11) is 0. The van der Waals surface area contributed by atoms with Gasteiger partial charge in [-0.2, -0.15) is 27.1 Å². The van der Waals surface area contributed by atoms with Crippen LogP contribution in [0.1, 0.15) is 11.5 Å². The van der Waals surface area contributed by atoms with Crippen molar-refractivity contribution in [2.75, 3.05) is 0 Å². The number of aromatic nitrogens is 4. The topological polar surface area (TPSA) is 46.5 Å². The molecule has 1 aromatic carbocycles. The van der Waals surface area contributed by atoms with Crippen molar-refractivity contribution in [3.05, 3.63) is 46.2 Å². The van der Waals surface area contributed by atoms with E-state index in [0.29, 0.717) is 0 Å². The Morgan fingerprint density at radius 2 is 1.84 bits per heavy atom. The number of hydrogen-bond acceptors (Lipinski definition) is 3. The van der Waals surface area contributed by atoms with Crippen molar-refractivity contribution < 1.29 is 26.3 Å². The average Bonchev–Trinajstić information content (AvgIpc) is 2.83. The van der Waals surface area contributed by atoms with Gasteiger partial charge < -0.3 is 4.98 Å². The number of fused-ring (bicyclic) bond motifs is 1. The maximum Gasteiger partial charge on any atom is 0.461 e. The molecule has 0 atom stereocenters. The smallest absolute Gasteiger partial charge is 0.322 e. The molecule has 0 spiro atoms. The lowest BCUT2D eigenvalue weighted by molar-refractivity contribution is -0.292. The van der Waals surface area contributed by atoms with Crippen molar-refractivity contribution >= 4 is 23.3 Å². The van der Waals surface area contributed by atoms with Crippen molar-refractivity contribution in [3.8, 4) is 5.69 Å². The average molecular weight is 378 g/mol. The first-order valence-corrected chi connectivity index (χ1v) is 7.14. The third kappa shape index (κ3) is 2.77. The second-order valence-electron chi connectivity index (χ2n) is 5.16. The normalized spacial score (nSPS) is 12.8. The Labute approximate surface area is 141 Å². The lowest BCUT2D eigenvalue weighted by Crippen LogP contribution is -2.35. The van der Waals surface area contributed by atoms with E-state index in [4.69, 9.17) is 12.2 Å². The van der Waals surface area contributed by atoms with Gasteiger partial charge in [0, 0.05) is 0 Å². The van der Waals surface area contributed by atoms with Crippen LogP contribution in [0.3, 0.4) is 0 Å². The lowest BCUT2D eigenvalue weighted by Gasteiger charge is -2.18. The number of halogens is 6. The van der Waals surface area contributed by atoms with E-state index in [9.17, 15) is 26.3 Å². The van der Waals surface area contributed by atoms with Gasteiger partial charge in [-0.1, -0.05) is 18.3 Å². The molecule has 132 valence electrons. The molecule has 0 unspecified atom stereocenters. The Kier molecular flexibility index (Phi) is 3.86. The van der Waals surface area contributed by atoms with E-state index in [1.165, 1.54) is 19.1 Å². The molecule has 0 aliphatic rings. The van der Waals surface area contributed by atoms with Gasteiger partial charge in [0.05, 0.1) is 16.8 Å². The summed E-state index contributed by atoms with van der Waals surface area (Å²) in [5, 5.41) is 4.13. The van der Waals surface area contributed by atoms with Crippen LogP contribution in [0.5, 0.6) is 0 Å². The number of rotatable bonds is 2. The highest BCUT2D eigenvalue weighted by Crippen LogP contribution is 2.42. The van der Waals surface area contributed by atoms with Crippen molar-refractivity contribution in [1.82, 2.24) is 19.7 Å². The van der Waals surface area contributed by atoms with Gasteiger partial charge in [-0.25, -0.2) is 14.1 Å². The molecule has 11 heteroatoms. The summed E-state index contributed by atoms with van der Waals surface area (Å²) in [4.78, 5) is 5.14. The van der Waals surface area contributed by atoms with Gasteiger partial charge in [-0.15, -0.1) is 0 Å². The van der Waals surface area contributed by atoms with Crippen LogP contribution in [0.2, 0.25) is 0 Å². The second-order valence-corrected chi connectivity index (χ2v) is 5.55. The molecule has 25 heavy (non-hydrogen) atoms. The maximum absolute atomic E-state index is 13.6. The first-order chi connectivity index (χ1) is 11.5. The second kappa shape index (κ2) is 5.55. The summed E-state index contributed by atoms with van der Waals surface area (Å²) in [6.45, 7) is 1.48. The molecule has 2 aromatic heterocycles. The number of nitrogens with zero attached hydrogens (tertiary/aromatic N) is 3. The molecule has 0 amide bonds. The molecule has 0 saturated carbocycles. The summed E-state index contributed by atoms with van der Waals surface area (Å²) in [5.41, 5.74) is 0.133. The van der Waals surface area contributed by atoms with E-state index in [1.807, 2.05) is 4.98 Å².